The second-order valence-electron chi connectivity index (χ2n) is 10.1. The number of carbonyl (C=O) groups excluding carboxylic acids is 1. The molecule has 5 rings (SSSR count). The summed E-state index contributed by atoms with van der Waals surface area (Å²) in [7, 11) is 3.46. The summed E-state index contributed by atoms with van der Waals surface area (Å²) in [5, 5.41) is 12.8. The molecular formula is C32H34N4O5. The average Bonchev–Trinajstić information content (AvgIpc) is 3.00. The third kappa shape index (κ3) is 6.11. The van der Waals surface area contributed by atoms with Crippen molar-refractivity contribution in [1.82, 2.24) is 15.1 Å². The lowest BCUT2D eigenvalue weighted by Gasteiger charge is -2.50. The van der Waals surface area contributed by atoms with E-state index in [2.05, 4.69) is 11.4 Å². The van der Waals surface area contributed by atoms with E-state index in [4.69, 9.17) is 15.2 Å². The number of allylic oxidation sites excluding steroid dienone is 2. The predicted molar refractivity (Wildman–Crippen MR) is 154 cm³/mol. The molecule has 0 saturated carbocycles. The molecule has 9 nitrogen and oxygen atoms in total. The van der Waals surface area contributed by atoms with E-state index >= 15 is 0 Å². The van der Waals surface area contributed by atoms with E-state index in [0.717, 1.165) is 16.7 Å². The zero-order chi connectivity index (χ0) is 28.9. The van der Waals surface area contributed by atoms with E-state index in [1.54, 1.807) is 24.1 Å². The molecule has 9 heteroatoms. The van der Waals surface area contributed by atoms with E-state index in [9.17, 15) is 14.7 Å². The highest BCUT2D eigenvalue weighted by Crippen LogP contribution is 2.37. The van der Waals surface area contributed by atoms with Crippen LogP contribution in [0.25, 0.3) is 0 Å². The van der Waals surface area contributed by atoms with Crippen molar-refractivity contribution in [3.8, 4) is 5.75 Å². The Morgan fingerprint density at radius 2 is 1.63 bits per heavy atom. The molecule has 0 bridgehead atoms. The molecule has 212 valence electrons. The van der Waals surface area contributed by atoms with Crippen LogP contribution in [0.3, 0.4) is 0 Å². The van der Waals surface area contributed by atoms with Crippen molar-refractivity contribution in [1.29, 1.82) is 0 Å². The van der Waals surface area contributed by atoms with Gasteiger partial charge in [-0.15, -0.1) is 0 Å². The number of β-lactam (4-membered cyclic amide) rings is 1. The highest BCUT2D eigenvalue weighted by Gasteiger charge is 2.53. The molecule has 4 N–H and O–H groups in total. The number of nitrogens with two attached hydrogens (primary N) is 1. The van der Waals surface area contributed by atoms with Crippen molar-refractivity contribution in [2.24, 2.45) is 11.7 Å². The number of nitrogens with one attached hydrogen (secondary N) is 1. The van der Waals surface area contributed by atoms with Crippen LogP contribution in [0.1, 0.15) is 33.9 Å². The number of likely N-dealkylation sites (N-methyl/N-ethyl adjacent to an activating group) is 1. The number of nitrogens with zero attached hydrogens (tertiary/aromatic N) is 2. The maximum atomic E-state index is 13.7. The number of hydrogen-bond acceptors (Lipinski definition) is 7. The van der Waals surface area contributed by atoms with E-state index in [1.807, 2.05) is 78.7 Å². The Morgan fingerprint density at radius 3 is 2.17 bits per heavy atom. The fourth-order valence-electron chi connectivity index (χ4n) is 5.14. The summed E-state index contributed by atoms with van der Waals surface area (Å²) in [5.41, 5.74) is 9.29. The van der Waals surface area contributed by atoms with Gasteiger partial charge in [-0.3, -0.25) is 15.0 Å². The molecular weight excluding hydrogens is 520 g/mol. The maximum absolute atomic E-state index is 13.7. The zero-order valence-corrected chi connectivity index (χ0v) is 23.0. The largest absolute Gasteiger partial charge is 0.478 e. The normalized spacial score (nSPS) is 19.3. The summed E-state index contributed by atoms with van der Waals surface area (Å²) in [5.74, 6) is -0.544. The SMILES string of the molecule is COC(NC(c1ccccc1)c1ccccc1)N1C(=O)[C@H](CC2=CCN(C)C(N)=C2)C1Oc1ccc(C(=O)O)cc1. The van der Waals surface area contributed by atoms with Gasteiger partial charge in [-0.25, -0.2) is 4.79 Å². The maximum Gasteiger partial charge on any atom is 0.335 e. The van der Waals surface area contributed by atoms with Crippen molar-refractivity contribution in [2.75, 3.05) is 20.7 Å². The quantitative estimate of drug-likeness (QED) is 0.241. The number of carbonyl (C=O) groups is 2. The van der Waals surface area contributed by atoms with E-state index < -0.39 is 24.5 Å². The Bertz CT molecular complexity index is 1390. The fourth-order valence-corrected chi connectivity index (χ4v) is 5.14. The summed E-state index contributed by atoms with van der Waals surface area (Å²) in [6.07, 6.45) is 2.90. The van der Waals surface area contributed by atoms with Gasteiger partial charge in [0.05, 0.1) is 23.3 Å². The summed E-state index contributed by atoms with van der Waals surface area (Å²) in [6.45, 7) is 0.655. The van der Waals surface area contributed by atoms with Gasteiger partial charge in [0.2, 0.25) is 5.91 Å². The standard InChI is InChI=1S/C32H34N4O5/c1-35-18-17-21(20-27(35)33)19-26-29(37)36(30(26)41-25-15-13-24(14-16-25)31(38)39)32(40-2)34-28(22-9-5-3-6-10-22)23-11-7-4-8-12-23/h3-17,20,26,28,30,32,34H,18-19,33H2,1-2H3,(H,38,39)/t26-,30?,32?/m0/s1. The zero-order valence-electron chi connectivity index (χ0n) is 23.0. The van der Waals surface area contributed by atoms with Crippen LogP contribution in [-0.2, 0) is 9.53 Å². The smallest absolute Gasteiger partial charge is 0.335 e. The van der Waals surface area contributed by atoms with Crippen molar-refractivity contribution in [3.05, 3.63) is 125 Å². The molecule has 3 atom stereocenters. The van der Waals surface area contributed by atoms with Gasteiger partial charge in [-0.1, -0.05) is 66.7 Å². The number of methoxy groups -OCH3 is 1. The number of aromatic carboxylic acids is 1. The van der Waals surface area contributed by atoms with Crippen molar-refractivity contribution < 1.29 is 24.2 Å². The molecule has 2 heterocycles. The van der Waals surface area contributed by atoms with Gasteiger partial charge in [0.15, 0.2) is 12.6 Å². The molecule has 3 aromatic rings. The Balaban J connectivity index is 1.43. The number of rotatable bonds is 11. The van der Waals surface area contributed by atoms with Gasteiger partial charge in [-0.2, -0.15) is 0 Å². The second-order valence-corrected chi connectivity index (χ2v) is 10.1. The monoisotopic (exact) mass is 554 g/mol. The van der Waals surface area contributed by atoms with Crippen LogP contribution in [0.2, 0.25) is 0 Å². The van der Waals surface area contributed by atoms with Crippen molar-refractivity contribution in [2.45, 2.75) is 25.0 Å². The first-order chi connectivity index (χ1) is 19.9. The van der Waals surface area contributed by atoms with Crippen LogP contribution < -0.4 is 15.8 Å². The molecule has 0 aromatic heterocycles. The number of benzene rings is 3. The van der Waals surface area contributed by atoms with Crippen molar-refractivity contribution in [3.63, 3.8) is 0 Å². The molecule has 1 saturated heterocycles. The highest BCUT2D eigenvalue weighted by molar-refractivity contribution is 5.88. The molecule has 2 unspecified atom stereocenters. The third-order valence-electron chi connectivity index (χ3n) is 7.46. The predicted octanol–water partition coefficient (Wildman–Crippen LogP) is 3.92. The molecule has 0 spiro atoms. The molecule has 2 aliphatic rings. The third-order valence-corrected chi connectivity index (χ3v) is 7.46. The van der Waals surface area contributed by atoms with Crippen LogP contribution in [0, 0.1) is 5.92 Å². The summed E-state index contributed by atoms with van der Waals surface area (Å²) in [4.78, 5) is 28.6. The first kappa shape index (κ1) is 27.9. The molecule has 2 aliphatic heterocycles. The van der Waals surface area contributed by atoms with Gasteiger partial charge >= 0.3 is 5.97 Å². The lowest BCUT2D eigenvalue weighted by molar-refractivity contribution is -0.212. The van der Waals surface area contributed by atoms with Gasteiger partial charge in [0.1, 0.15) is 5.75 Å². The Labute approximate surface area is 239 Å². The number of amides is 1. The minimum Gasteiger partial charge on any atom is -0.478 e. The molecule has 1 fully saturated rings. The Hall–Kier alpha value is -4.60. The number of hydrogen-bond donors (Lipinski definition) is 3. The van der Waals surface area contributed by atoms with Gasteiger partial charge < -0.3 is 25.2 Å². The number of likely N-dealkylation sites (tertiary alicyclic amines) is 1. The topological polar surface area (TPSA) is 117 Å². The fraction of sp³-hybridized carbons (Fsp3) is 0.250. The van der Waals surface area contributed by atoms with Crippen LogP contribution in [-0.4, -0.2) is 60.1 Å². The highest BCUT2D eigenvalue weighted by atomic mass is 16.5. The molecule has 41 heavy (non-hydrogen) atoms. The first-order valence-electron chi connectivity index (χ1n) is 13.4. The molecule has 0 radical (unpaired) electrons. The lowest BCUT2D eigenvalue weighted by Crippen LogP contribution is -2.70. The number of carboxylic acids is 1. The average molecular weight is 555 g/mol. The molecule has 1 amide bonds. The summed E-state index contributed by atoms with van der Waals surface area (Å²) in [6, 6.07) is 25.8. The Kier molecular flexibility index (Phi) is 8.37. The number of carboxylic acid groups (broad SMARTS) is 1. The van der Waals surface area contributed by atoms with Crippen molar-refractivity contribution >= 4 is 11.9 Å². The van der Waals surface area contributed by atoms with Gasteiger partial charge in [0, 0.05) is 20.7 Å². The summed E-state index contributed by atoms with van der Waals surface area (Å²) >= 11 is 0. The first-order valence-corrected chi connectivity index (χ1v) is 13.4. The minimum atomic E-state index is -1.02. The second kappa shape index (κ2) is 12.3. The Morgan fingerprint density at radius 1 is 1.02 bits per heavy atom. The lowest BCUT2D eigenvalue weighted by atomic mass is 9.87. The van der Waals surface area contributed by atoms with Crippen LogP contribution in [0.4, 0.5) is 0 Å². The summed E-state index contributed by atoms with van der Waals surface area (Å²) < 4.78 is 12.2. The molecule has 3 aromatic carbocycles. The minimum absolute atomic E-state index is 0.122. The van der Waals surface area contributed by atoms with E-state index in [1.165, 1.54) is 12.1 Å². The number of ether oxygens (including phenoxy) is 2. The van der Waals surface area contributed by atoms with E-state index in [-0.39, 0.29) is 17.5 Å². The molecule has 0 aliphatic carbocycles. The van der Waals surface area contributed by atoms with Gasteiger partial charge in [0.25, 0.3) is 0 Å². The van der Waals surface area contributed by atoms with Crippen LogP contribution in [0.15, 0.2) is 108 Å². The van der Waals surface area contributed by atoms with Gasteiger partial charge in [-0.05, 0) is 53.5 Å². The van der Waals surface area contributed by atoms with E-state index in [0.29, 0.717) is 24.5 Å². The van der Waals surface area contributed by atoms with Crippen LogP contribution >= 0.6 is 0 Å². The van der Waals surface area contributed by atoms with Crippen LogP contribution in [0.5, 0.6) is 5.75 Å².